The third-order valence-electron chi connectivity index (χ3n) is 6.33. The number of thiophene rings is 1. The Hall–Kier alpha value is 0.817. The summed E-state index contributed by atoms with van der Waals surface area (Å²) in [6.45, 7) is 8.65. The van der Waals surface area contributed by atoms with Gasteiger partial charge in [-0.15, -0.1) is 0 Å². The Morgan fingerprint density at radius 3 is 1.44 bits per heavy atom. The van der Waals surface area contributed by atoms with E-state index in [4.69, 9.17) is 18.9 Å². The van der Waals surface area contributed by atoms with Gasteiger partial charge in [0.2, 0.25) is 0 Å². The molecular formula is C27H52O4SSn2. The van der Waals surface area contributed by atoms with E-state index < -0.39 is 36.8 Å². The SMILES string of the molecule is CCCCCCOCC1(COCCCCCC)COc2[c]([Sn]([CH3])([CH3])[CH3])s[c]([Sn]([CH3])([CH3])[CH3])c2OC1. The van der Waals surface area contributed by atoms with Gasteiger partial charge >= 0.3 is 210 Å². The van der Waals surface area contributed by atoms with Crippen molar-refractivity contribution in [2.45, 2.75) is 94.9 Å². The molecule has 1 aromatic heterocycles. The molecule has 4 nitrogen and oxygen atoms in total. The van der Waals surface area contributed by atoms with Crippen molar-refractivity contribution in [3.8, 4) is 11.5 Å². The maximum atomic E-state index is 6.70. The van der Waals surface area contributed by atoms with E-state index in [0.717, 1.165) is 37.6 Å². The average molecular weight is 710 g/mol. The van der Waals surface area contributed by atoms with E-state index in [1.54, 1.807) is 0 Å². The van der Waals surface area contributed by atoms with Gasteiger partial charge in [-0.2, -0.15) is 0 Å². The molecular weight excluding hydrogens is 658 g/mol. The summed E-state index contributed by atoms with van der Waals surface area (Å²) in [6, 6.07) is 0. The van der Waals surface area contributed by atoms with E-state index in [1.807, 2.05) is 11.3 Å². The van der Waals surface area contributed by atoms with Crippen LogP contribution in [0.2, 0.25) is 29.6 Å². The summed E-state index contributed by atoms with van der Waals surface area (Å²) in [5.74, 6) is 2.17. The van der Waals surface area contributed by atoms with Crippen molar-refractivity contribution in [2.24, 2.45) is 5.41 Å². The Morgan fingerprint density at radius 1 is 0.676 bits per heavy atom. The van der Waals surface area contributed by atoms with E-state index in [2.05, 4.69) is 43.5 Å². The molecule has 198 valence electrons. The van der Waals surface area contributed by atoms with Crippen molar-refractivity contribution in [3.05, 3.63) is 0 Å². The molecule has 0 saturated heterocycles. The van der Waals surface area contributed by atoms with Crippen molar-refractivity contribution < 1.29 is 18.9 Å². The van der Waals surface area contributed by atoms with Crippen LogP contribution in [0, 0.1) is 5.41 Å². The van der Waals surface area contributed by atoms with Crippen LogP contribution in [0.5, 0.6) is 11.5 Å². The zero-order valence-electron chi connectivity index (χ0n) is 23.4. The zero-order valence-corrected chi connectivity index (χ0v) is 30.0. The summed E-state index contributed by atoms with van der Waals surface area (Å²) in [6.07, 6.45) is 9.80. The van der Waals surface area contributed by atoms with E-state index in [1.165, 1.54) is 44.3 Å². The van der Waals surface area contributed by atoms with Crippen LogP contribution < -0.4 is 15.3 Å². The molecule has 0 spiro atoms. The molecule has 0 bridgehead atoms. The van der Waals surface area contributed by atoms with Gasteiger partial charge < -0.3 is 0 Å². The summed E-state index contributed by atoms with van der Waals surface area (Å²) in [4.78, 5) is 14.9. The van der Waals surface area contributed by atoms with Crippen molar-refractivity contribution in [2.75, 3.05) is 39.6 Å². The average Bonchev–Trinajstić information content (AvgIpc) is 3.06. The predicted octanol–water partition coefficient (Wildman–Crippen LogP) is 6.79. The van der Waals surface area contributed by atoms with Crippen LogP contribution in [0.25, 0.3) is 0 Å². The molecule has 0 aromatic carbocycles. The summed E-state index contributed by atoms with van der Waals surface area (Å²) in [7, 11) is 0. The summed E-state index contributed by atoms with van der Waals surface area (Å²) >= 11 is -2.67. The Morgan fingerprint density at radius 2 is 1.09 bits per heavy atom. The van der Waals surface area contributed by atoms with Gasteiger partial charge in [-0.1, -0.05) is 13.8 Å². The first-order valence-electron chi connectivity index (χ1n) is 13.6. The van der Waals surface area contributed by atoms with E-state index in [0.29, 0.717) is 26.4 Å². The molecule has 0 saturated carbocycles. The number of unbranched alkanes of at least 4 members (excludes halogenated alkanes) is 6. The van der Waals surface area contributed by atoms with Crippen LogP contribution in [0.1, 0.15) is 65.2 Å². The van der Waals surface area contributed by atoms with Crippen LogP contribution in [-0.2, 0) is 9.47 Å². The van der Waals surface area contributed by atoms with Gasteiger partial charge in [0.05, 0.1) is 0 Å². The fourth-order valence-corrected chi connectivity index (χ4v) is 19.9. The number of ether oxygens (including phenoxy) is 4. The third kappa shape index (κ3) is 9.60. The van der Waals surface area contributed by atoms with E-state index in [-0.39, 0.29) is 5.41 Å². The fourth-order valence-electron chi connectivity index (χ4n) is 4.19. The second-order valence-corrected chi connectivity index (χ2v) is 43.9. The molecule has 0 atom stereocenters. The molecule has 2 heterocycles. The standard InChI is InChI=1S/C21H34O4S.6CH3.2Sn/c1-3-5-7-9-11-22-15-21(16-23-12-10-8-6-4-2)17-24-19-13-26-14-20(19)25-18-21;;;;;;;;/h3-12,15-18H2,1-2H3;6*1H3;;. The van der Waals surface area contributed by atoms with Crippen molar-refractivity contribution >= 4 is 53.9 Å². The number of hydrogen-bond acceptors (Lipinski definition) is 5. The monoisotopic (exact) mass is 712 g/mol. The van der Waals surface area contributed by atoms with Gasteiger partial charge in [-0.05, 0) is 0 Å². The zero-order chi connectivity index (χ0) is 25.2. The van der Waals surface area contributed by atoms with Crippen LogP contribution >= 0.6 is 11.3 Å². The molecule has 1 aliphatic rings. The molecule has 0 amide bonds. The van der Waals surface area contributed by atoms with Crippen molar-refractivity contribution in [1.82, 2.24) is 0 Å². The molecule has 2 rings (SSSR count). The Kier molecular flexibility index (Phi) is 13.4. The van der Waals surface area contributed by atoms with Crippen LogP contribution in [0.3, 0.4) is 0 Å². The van der Waals surface area contributed by atoms with Gasteiger partial charge in [0.15, 0.2) is 0 Å². The van der Waals surface area contributed by atoms with Crippen LogP contribution in [0.4, 0.5) is 0 Å². The van der Waals surface area contributed by atoms with E-state index in [9.17, 15) is 0 Å². The molecule has 34 heavy (non-hydrogen) atoms. The molecule has 0 radical (unpaired) electrons. The summed E-state index contributed by atoms with van der Waals surface area (Å²) < 4.78 is 28.9. The number of fused-ring (bicyclic) bond motifs is 1. The molecule has 0 aliphatic carbocycles. The maximum absolute atomic E-state index is 6.70. The van der Waals surface area contributed by atoms with Gasteiger partial charge in [0.25, 0.3) is 0 Å². The third-order valence-corrected chi connectivity index (χ3v) is 26.1. The first-order valence-corrected chi connectivity index (χ1v) is 34.4. The number of hydrogen-bond donors (Lipinski definition) is 0. The van der Waals surface area contributed by atoms with Crippen LogP contribution in [-0.4, -0.2) is 76.4 Å². The second-order valence-electron chi connectivity index (χ2n) is 12.2. The normalized spacial score (nSPS) is 16.0. The fraction of sp³-hybridized carbons (Fsp3) is 0.852. The number of rotatable bonds is 16. The van der Waals surface area contributed by atoms with Gasteiger partial charge in [-0.3, -0.25) is 0 Å². The summed E-state index contributed by atoms with van der Waals surface area (Å²) in [5.41, 5.74) is -0.248. The first-order chi connectivity index (χ1) is 16.0. The topological polar surface area (TPSA) is 36.9 Å². The van der Waals surface area contributed by atoms with Crippen molar-refractivity contribution in [1.29, 1.82) is 0 Å². The van der Waals surface area contributed by atoms with Crippen LogP contribution in [0.15, 0.2) is 0 Å². The minimum atomic E-state index is -2.35. The quantitative estimate of drug-likeness (QED) is 0.140. The molecule has 0 fully saturated rings. The molecule has 1 aliphatic heterocycles. The van der Waals surface area contributed by atoms with Gasteiger partial charge in [0.1, 0.15) is 0 Å². The first kappa shape index (κ1) is 31.0. The van der Waals surface area contributed by atoms with Gasteiger partial charge in [0, 0.05) is 0 Å². The van der Waals surface area contributed by atoms with E-state index >= 15 is 0 Å². The molecule has 0 unspecified atom stereocenters. The Balaban J connectivity index is 2.16. The molecule has 7 heteroatoms. The molecule has 0 N–H and O–H groups in total. The van der Waals surface area contributed by atoms with Gasteiger partial charge in [-0.25, -0.2) is 0 Å². The second kappa shape index (κ2) is 14.7. The predicted molar refractivity (Wildman–Crippen MR) is 154 cm³/mol. The Labute approximate surface area is 222 Å². The van der Waals surface area contributed by atoms with Crippen molar-refractivity contribution in [3.63, 3.8) is 0 Å². The molecule has 1 aromatic rings. The minimum absolute atomic E-state index is 0.248. The Bertz CT molecular complexity index is 663. The summed E-state index contributed by atoms with van der Waals surface area (Å²) in [5, 5.41) is 0.